The fourth-order valence-electron chi connectivity index (χ4n) is 3.54. The number of carbonyl (C=O) groups excluding carboxylic acids is 2. The normalized spacial score (nSPS) is 16.7. The molecule has 0 unspecified atom stereocenters. The molecule has 1 fully saturated rings. The minimum atomic E-state index is -0.174. The quantitative estimate of drug-likeness (QED) is 0.775. The minimum absolute atomic E-state index is 0.0780. The summed E-state index contributed by atoms with van der Waals surface area (Å²) in [6, 6.07) is 13.0. The lowest BCUT2D eigenvalue weighted by molar-refractivity contribution is 0.0926. The Hall–Kier alpha value is -2.82. The monoisotopic (exact) mass is 335 g/mol. The van der Waals surface area contributed by atoms with Gasteiger partial charge in [0.15, 0.2) is 0 Å². The summed E-state index contributed by atoms with van der Waals surface area (Å²) >= 11 is 0. The fraction of sp³-hybridized carbons (Fsp3) is 0.300. The van der Waals surface area contributed by atoms with Gasteiger partial charge in [-0.05, 0) is 43.2 Å². The van der Waals surface area contributed by atoms with E-state index in [9.17, 15) is 9.59 Å². The van der Waals surface area contributed by atoms with E-state index in [1.165, 1.54) is 19.3 Å². The molecule has 2 amide bonds. The molecule has 2 aromatic rings. The van der Waals surface area contributed by atoms with Crippen LogP contribution in [0.4, 0.5) is 17.1 Å². The molecule has 0 radical (unpaired) electrons. The second-order valence-corrected chi connectivity index (χ2v) is 6.69. The number of benzene rings is 2. The Morgan fingerprint density at radius 3 is 2.56 bits per heavy atom. The van der Waals surface area contributed by atoms with Crippen molar-refractivity contribution >= 4 is 28.9 Å². The molecule has 1 aliphatic heterocycles. The van der Waals surface area contributed by atoms with Gasteiger partial charge in [0, 0.05) is 11.6 Å². The smallest absolute Gasteiger partial charge is 0.257 e. The third kappa shape index (κ3) is 3.22. The van der Waals surface area contributed by atoms with Gasteiger partial charge in [0.05, 0.1) is 22.6 Å². The molecule has 25 heavy (non-hydrogen) atoms. The largest absolute Gasteiger partial charge is 0.353 e. The number of hydrogen-bond donors (Lipinski definition) is 3. The van der Waals surface area contributed by atoms with E-state index in [-0.39, 0.29) is 17.9 Å². The van der Waals surface area contributed by atoms with Crippen LogP contribution >= 0.6 is 0 Å². The average molecular weight is 335 g/mol. The van der Waals surface area contributed by atoms with Gasteiger partial charge in [-0.2, -0.15) is 0 Å². The van der Waals surface area contributed by atoms with Crippen LogP contribution in [0.25, 0.3) is 0 Å². The van der Waals surface area contributed by atoms with Gasteiger partial charge in [0.25, 0.3) is 11.8 Å². The van der Waals surface area contributed by atoms with Crippen molar-refractivity contribution in [2.45, 2.75) is 38.1 Å². The van der Waals surface area contributed by atoms with Gasteiger partial charge in [-0.25, -0.2) is 0 Å². The Morgan fingerprint density at radius 2 is 1.72 bits per heavy atom. The van der Waals surface area contributed by atoms with E-state index in [1.807, 2.05) is 24.3 Å². The fourth-order valence-corrected chi connectivity index (χ4v) is 3.54. The molecule has 0 bridgehead atoms. The number of amides is 2. The maximum atomic E-state index is 12.5. The van der Waals surface area contributed by atoms with E-state index in [0.717, 1.165) is 24.2 Å². The van der Waals surface area contributed by atoms with E-state index in [2.05, 4.69) is 16.0 Å². The molecule has 1 heterocycles. The molecular formula is C20H21N3O2. The van der Waals surface area contributed by atoms with E-state index in [1.54, 1.807) is 18.2 Å². The van der Waals surface area contributed by atoms with Gasteiger partial charge >= 0.3 is 0 Å². The van der Waals surface area contributed by atoms with Crippen molar-refractivity contribution in [2.24, 2.45) is 0 Å². The van der Waals surface area contributed by atoms with E-state index in [0.29, 0.717) is 16.8 Å². The standard InChI is InChI=1S/C20H21N3O2/c24-19(21-14-6-2-1-3-7-14)13-10-11-17-18(12-13)23-20(25)15-8-4-5-9-16(15)22-17/h4-5,8-12,14,22H,1-3,6-7H2,(H,21,24)(H,23,25). The van der Waals surface area contributed by atoms with Crippen LogP contribution in [0.1, 0.15) is 52.8 Å². The van der Waals surface area contributed by atoms with Crippen LogP contribution in [0, 0.1) is 0 Å². The summed E-state index contributed by atoms with van der Waals surface area (Å²) in [4.78, 5) is 25.0. The van der Waals surface area contributed by atoms with Gasteiger partial charge in [0.1, 0.15) is 0 Å². The molecule has 0 aromatic heterocycles. The molecule has 0 saturated heterocycles. The number of carbonyl (C=O) groups is 2. The second-order valence-electron chi connectivity index (χ2n) is 6.69. The Kier molecular flexibility index (Phi) is 4.14. The Labute approximate surface area is 146 Å². The number of anilines is 3. The Morgan fingerprint density at radius 1 is 0.920 bits per heavy atom. The topological polar surface area (TPSA) is 70.2 Å². The number of fused-ring (bicyclic) bond motifs is 2. The zero-order chi connectivity index (χ0) is 17.2. The summed E-state index contributed by atoms with van der Waals surface area (Å²) in [7, 11) is 0. The molecule has 1 aliphatic carbocycles. The van der Waals surface area contributed by atoms with Crippen molar-refractivity contribution in [1.82, 2.24) is 5.32 Å². The van der Waals surface area contributed by atoms with E-state index < -0.39 is 0 Å². The first-order valence-electron chi connectivity index (χ1n) is 8.83. The number of hydrogen-bond acceptors (Lipinski definition) is 3. The Balaban J connectivity index is 1.57. The van der Waals surface area contributed by atoms with Crippen LogP contribution in [0.5, 0.6) is 0 Å². The molecule has 1 saturated carbocycles. The van der Waals surface area contributed by atoms with Crippen LogP contribution in [-0.2, 0) is 0 Å². The SMILES string of the molecule is O=C(NC1CCCCC1)c1ccc2c(c1)NC(=O)c1ccccc1N2. The molecule has 3 N–H and O–H groups in total. The summed E-state index contributed by atoms with van der Waals surface area (Å²) in [5.74, 6) is -0.252. The molecule has 5 nitrogen and oxygen atoms in total. The van der Waals surface area contributed by atoms with Gasteiger partial charge in [-0.15, -0.1) is 0 Å². The first-order valence-corrected chi connectivity index (χ1v) is 8.83. The highest BCUT2D eigenvalue weighted by Gasteiger charge is 2.21. The zero-order valence-electron chi connectivity index (χ0n) is 14.0. The maximum absolute atomic E-state index is 12.5. The Bertz CT molecular complexity index is 825. The van der Waals surface area contributed by atoms with Crippen molar-refractivity contribution in [3.05, 3.63) is 53.6 Å². The van der Waals surface area contributed by atoms with Crippen LogP contribution in [0.2, 0.25) is 0 Å². The molecule has 5 heteroatoms. The van der Waals surface area contributed by atoms with Crippen LogP contribution in [0.3, 0.4) is 0 Å². The zero-order valence-corrected chi connectivity index (χ0v) is 14.0. The van der Waals surface area contributed by atoms with E-state index >= 15 is 0 Å². The summed E-state index contributed by atoms with van der Waals surface area (Å²) in [6.45, 7) is 0. The average Bonchev–Trinajstić information content (AvgIpc) is 2.78. The molecule has 4 rings (SSSR count). The van der Waals surface area contributed by atoms with Crippen molar-refractivity contribution in [3.63, 3.8) is 0 Å². The molecular weight excluding hydrogens is 314 g/mol. The third-order valence-corrected chi connectivity index (χ3v) is 4.91. The molecule has 0 atom stereocenters. The van der Waals surface area contributed by atoms with Crippen molar-refractivity contribution < 1.29 is 9.59 Å². The predicted molar refractivity (Wildman–Crippen MR) is 98.5 cm³/mol. The second kappa shape index (κ2) is 6.59. The van der Waals surface area contributed by atoms with Gasteiger partial charge in [0.2, 0.25) is 0 Å². The molecule has 0 spiro atoms. The predicted octanol–water partition coefficient (Wildman–Crippen LogP) is 4.06. The van der Waals surface area contributed by atoms with Gasteiger partial charge in [-0.1, -0.05) is 31.4 Å². The highest BCUT2D eigenvalue weighted by Crippen LogP contribution is 2.32. The summed E-state index contributed by atoms with van der Waals surface area (Å²) in [6.07, 6.45) is 5.69. The third-order valence-electron chi connectivity index (χ3n) is 4.91. The number of para-hydroxylation sites is 1. The lowest BCUT2D eigenvalue weighted by atomic mass is 9.95. The number of nitrogens with one attached hydrogen (secondary N) is 3. The van der Waals surface area contributed by atoms with Crippen LogP contribution < -0.4 is 16.0 Å². The van der Waals surface area contributed by atoms with Crippen LogP contribution in [-0.4, -0.2) is 17.9 Å². The molecule has 128 valence electrons. The molecule has 2 aromatic carbocycles. The van der Waals surface area contributed by atoms with Crippen molar-refractivity contribution in [3.8, 4) is 0 Å². The van der Waals surface area contributed by atoms with Gasteiger partial charge < -0.3 is 16.0 Å². The first-order chi connectivity index (χ1) is 12.2. The lowest BCUT2D eigenvalue weighted by Gasteiger charge is -2.23. The summed E-state index contributed by atoms with van der Waals surface area (Å²) < 4.78 is 0. The van der Waals surface area contributed by atoms with Gasteiger partial charge in [-0.3, -0.25) is 9.59 Å². The van der Waals surface area contributed by atoms with Crippen molar-refractivity contribution in [2.75, 3.05) is 10.6 Å². The lowest BCUT2D eigenvalue weighted by Crippen LogP contribution is -2.36. The van der Waals surface area contributed by atoms with E-state index in [4.69, 9.17) is 0 Å². The maximum Gasteiger partial charge on any atom is 0.257 e. The summed E-state index contributed by atoms with van der Waals surface area (Å²) in [5.41, 5.74) is 3.33. The highest BCUT2D eigenvalue weighted by molar-refractivity contribution is 6.12. The minimum Gasteiger partial charge on any atom is -0.353 e. The van der Waals surface area contributed by atoms with Crippen molar-refractivity contribution in [1.29, 1.82) is 0 Å². The summed E-state index contributed by atoms with van der Waals surface area (Å²) in [5, 5.41) is 9.28. The highest BCUT2D eigenvalue weighted by atomic mass is 16.2. The number of rotatable bonds is 2. The molecule has 2 aliphatic rings. The first kappa shape index (κ1) is 15.7. The van der Waals surface area contributed by atoms with Crippen LogP contribution in [0.15, 0.2) is 42.5 Å².